The molecule has 1 amide bonds. The Labute approximate surface area is 128 Å². The molecule has 2 rings (SSSR count). The highest BCUT2D eigenvalue weighted by molar-refractivity contribution is 5.78. The Morgan fingerprint density at radius 2 is 2.10 bits per heavy atom. The second-order valence-corrected chi connectivity index (χ2v) is 6.61. The van der Waals surface area contributed by atoms with Crippen molar-refractivity contribution in [3.63, 3.8) is 0 Å². The van der Waals surface area contributed by atoms with Gasteiger partial charge in [0.25, 0.3) is 0 Å². The van der Waals surface area contributed by atoms with E-state index in [1.165, 1.54) is 6.42 Å². The summed E-state index contributed by atoms with van der Waals surface area (Å²) >= 11 is 0. The third-order valence-electron chi connectivity index (χ3n) is 4.96. The van der Waals surface area contributed by atoms with Gasteiger partial charge in [-0.25, -0.2) is 0 Å². The summed E-state index contributed by atoms with van der Waals surface area (Å²) in [4.78, 5) is 16.8. The molecule has 2 aliphatic rings. The molecule has 21 heavy (non-hydrogen) atoms. The maximum Gasteiger partial charge on any atom is 0.236 e. The van der Waals surface area contributed by atoms with E-state index in [0.717, 1.165) is 58.3 Å². The Kier molecular flexibility index (Phi) is 6.93. The van der Waals surface area contributed by atoms with Crippen molar-refractivity contribution in [3.8, 4) is 0 Å². The number of nitrogens with one attached hydrogen (secondary N) is 1. The van der Waals surface area contributed by atoms with Crippen molar-refractivity contribution in [2.24, 2.45) is 5.92 Å². The number of rotatable bonds is 6. The third kappa shape index (κ3) is 5.24. The summed E-state index contributed by atoms with van der Waals surface area (Å²) in [7, 11) is 2.08. The highest BCUT2D eigenvalue weighted by Gasteiger charge is 2.26. The van der Waals surface area contributed by atoms with E-state index in [-0.39, 0.29) is 12.5 Å². The molecule has 0 unspecified atom stereocenters. The first kappa shape index (κ1) is 16.7. The summed E-state index contributed by atoms with van der Waals surface area (Å²) in [5, 5.41) is 12.3. The summed E-state index contributed by atoms with van der Waals surface area (Å²) in [6, 6.07) is 0.546. The molecule has 5 nitrogen and oxygen atoms in total. The highest BCUT2D eigenvalue weighted by atomic mass is 16.2. The molecular formula is C16H31N3O2. The van der Waals surface area contributed by atoms with Crippen LogP contribution >= 0.6 is 0 Å². The number of hydrogen-bond acceptors (Lipinski definition) is 4. The number of likely N-dealkylation sites (tertiary alicyclic amines) is 1. The van der Waals surface area contributed by atoms with E-state index >= 15 is 0 Å². The molecule has 0 aliphatic carbocycles. The number of aliphatic hydroxyl groups is 1. The predicted molar refractivity (Wildman–Crippen MR) is 84.1 cm³/mol. The van der Waals surface area contributed by atoms with Gasteiger partial charge in [-0.15, -0.1) is 0 Å². The van der Waals surface area contributed by atoms with Gasteiger partial charge in [-0.3, -0.25) is 9.69 Å². The molecule has 5 heteroatoms. The van der Waals surface area contributed by atoms with Crippen molar-refractivity contribution in [2.75, 3.05) is 46.4 Å². The van der Waals surface area contributed by atoms with Crippen LogP contribution in [0.4, 0.5) is 0 Å². The van der Waals surface area contributed by atoms with Crippen molar-refractivity contribution < 1.29 is 9.90 Å². The average molecular weight is 297 g/mol. The van der Waals surface area contributed by atoms with E-state index in [0.29, 0.717) is 18.5 Å². The van der Waals surface area contributed by atoms with Crippen LogP contribution in [0, 0.1) is 5.92 Å². The van der Waals surface area contributed by atoms with Crippen molar-refractivity contribution in [1.82, 2.24) is 15.1 Å². The van der Waals surface area contributed by atoms with Crippen LogP contribution in [0.1, 0.15) is 38.5 Å². The van der Waals surface area contributed by atoms with Crippen molar-refractivity contribution in [2.45, 2.75) is 44.6 Å². The smallest absolute Gasteiger partial charge is 0.236 e. The zero-order valence-corrected chi connectivity index (χ0v) is 13.4. The SMILES string of the molecule is CN(CC(=O)N1CCC[C@@H](CCCO)C1)C1CCNCC1. The van der Waals surface area contributed by atoms with Crippen LogP contribution in [0.2, 0.25) is 0 Å². The average Bonchev–Trinajstić information content (AvgIpc) is 2.54. The molecule has 0 radical (unpaired) electrons. The number of likely N-dealkylation sites (N-methyl/N-ethyl adjacent to an activating group) is 1. The Bertz CT molecular complexity index is 319. The molecule has 2 fully saturated rings. The molecule has 0 aromatic rings. The fraction of sp³-hybridized carbons (Fsp3) is 0.938. The van der Waals surface area contributed by atoms with Crippen LogP contribution in [-0.4, -0.2) is 73.2 Å². The molecule has 122 valence electrons. The Morgan fingerprint density at radius 3 is 2.81 bits per heavy atom. The van der Waals surface area contributed by atoms with Gasteiger partial charge in [-0.2, -0.15) is 0 Å². The highest BCUT2D eigenvalue weighted by Crippen LogP contribution is 2.21. The first-order chi connectivity index (χ1) is 10.2. The van der Waals surface area contributed by atoms with Gasteiger partial charge < -0.3 is 15.3 Å². The molecule has 0 aromatic carbocycles. The van der Waals surface area contributed by atoms with Gasteiger partial charge in [-0.1, -0.05) is 0 Å². The minimum atomic E-state index is 0.267. The van der Waals surface area contributed by atoms with E-state index in [2.05, 4.69) is 17.3 Å². The van der Waals surface area contributed by atoms with Crippen LogP contribution in [0.15, 0.2) is 0 Å². The van der Waals surface area contributed by atoms with Gasteiger partial charge in [0.2, 0.25) is 5.91 Å². The molecule has 0 saturated carbocycles. The van der Waals surface area contributed by atoms with Gasteiger partial charge in [0.15, 0.2) is 0 Å². The van der Waals surface area contributed by atoms with Gasteiger partial charge in [0.1, 0.15) is 0 Å². The van der Waals surface area contributed by atoms with Crippen LogP contribution in [0.3, 0.4) is 0 Å². The van der Waals surface area contributed by atoms with Gasteiger partial charge >= 0.3 is 0 Å². The monoisotopic (exact) mass is 297 g/mol. The number of hydrogen-bond donors (Lipinski definition) is 2. The van der Waals surface area contributed by atoms with Crippen molar-refractivity contribution in [3.05, 3.63) is 0 Å². The lowest BCUT2D eigenvalue weighted by Crippen LogP contribution is -2.48. The lowest BCUT2D eigenvalue weighted by molar-refractivity contribution is -0.134. The zero-order valence-electron chi connectivity index (χ0n) is 13.4. The number of piperidine rings is 2. The molecule has 0 spiro atoms. The zero-order chi connectivity index (χ0) is 15.1. The Morgan fingerprint density at radius 1 is 1.33 bits per heavy atom. The number of carbonyl (C=O) groups is 1. The summed E-state index contributed by atoms with van der Waals surface area (Å²) in [6.07, 6.45) is 6.50. The molecular weight excluding hydrogens is 266 g/mol. The molecule has 2 N–H and O–H groups in total. The number of aliphatic hydroxyl groups excluding tert-OH is 1. The fourth-order valence-electron chi connectivity index (χ4n) is 3.60. The summed E-state index contributed by atoms with van der Waals surface area (Å²) < 4.78 is 0. The Hall–Kier alpha value is -0.650. The topological polar surface area (TPSA) is 55.8 Å². The van der Waals surface area contributed by atoms with E-state index < -0.39 is 0 Å². The second-order valence-electron chi connectivity index (χ2n) is 6.61. The molecule has 2 aliphatic heterocycles. The fourth-order valence-corrected chi connectivity index (χ4v) is 3.60. The first-order valence-electron chi connectivity index (χ1n) is 8.50. The second kappa shape index (κ2) is 8.71. The largest absolute Gasteiger partial charge is 0.396 e. The molecule has 1 atom stereocenters. The van der Waals surface area contributed by atoms with Crippen LogP contribution in [-0.2, 0) is 4.79 Å². The lowest BCUT2D eigenvalue weighted by Gasteiger charge is -2.36. The number of carbonyl (C=O) groups excluding carboxylic acids is 1. The van der Waals surface area contributed by atoms with Gasteiger partial charge in [0, 0.05) is 25.7 Å². The Balaban J connectivity index is 1.76. The standard InChI is InChI=1S/C16H31N3O2/c1-18(15-6-8-17-9-7-15)13-16(21)19-10-2-4-14(12-19)5-3-11-20/h14-15,17,20H,2-13H2,1H3/t14-/m0/s1. The third-order valence-corrected chi connectivity index (χ3v) is 4.96. The maximum atomic E-state index is 12.5. The summed E-state index contributed by atoms with van der Waals surface area (Å²) in [5.74, 6) is 0.865. The minimum Gasteiger partial charge on any atom is -0.396 e. The summed E-state index contributed by atoms with van der Waals surface area (Å²) in [6.45, 7) is 4.75. The van der Waals surface area contributed by atoms with E-state index in [9.17, 15) is 4.79 Å². The quantitative estimate of drug-likeness (QED) is 0.757. The van der Waals surface area contributed by atoms with E-state index in [4.69, 9.17) is 5.11 Å². The van der Waals surface area contributed by atoms with Gasteiger partial charge in [0.05, 0.1) is 6.54 Å². The molecule has 0 aromatic heterocycles. The number of nitrogens with zero attached hydrogens (tertiary/aromatic N) is 2. The van der Waals surface area contributed by atoms with Crippen LogP contribution in [0.25, 0.3) is 0 Å². The van der Waals surface area contributed by atoms with E-state index in [1.54, 1.807) is 0 Å². The van der Waals surface area contributed by atoms with Crippen LogP contribution < -0.4 is 5.32 Å². The molecule has 2 saturated heterocycles. The molecule has 0 bridgehead atoms. The van der Waals surface area contributed by atoms with E-state index in [1.807, 2.05) is 4.90 Å². The molecule has 2 heterocycles. The minimum absolute atomic E-state index is 0.267. The maximum absolute atomic E-state index is 12.5. The summed E-state index contributed by atoms with van der Waals surface area (Å²) in [5.41, 5.74) is 0. The van der Waals surface area contributed by atoms with Crippen molar-refractivity contribution >= 4 is 5.91 Å². The first-order valence-corrected chi connectivity index (χ1v) is 8.50. The number of amides is 1. The van der Waals surface area contributed by atoms with Gasteiger partial charge in [-0.05, 0) is 64.6 Å². The predicted octanol–water partition coefficient (Wildman–Crippen LogP) is 0.681. The van der Waals surface area contributed by atoms with Crippen LogP contribution in [0.5, 0.6) is 0 Å². The van der Waals surface area contributed by atoms with Crippen molar-refractivity contribution in [1.29, 1.82) is 0 Å². The lowest BCUT2D eigenvalue weighted by atomic mass is 9.93. The normalized spacial score (nSPS) is 24.5.